The summed E-state index contributed by atoms with van der Waals surface area (Å²) in [6.07, 6.45) is 6.03. The van der Waals surface area contributed by atoms with Gasteiger partial charge in [0, 0.05) is 11.6 Å². The zero-order valence-corrected chi connectivity index (χ0v) is 16.5. The Morgan fingerprint density at radius 3 is 2.68 bits per heavy atom. The van der Waals surface area contributed by atoms with Gasteiger partial charge < -0.3 is 11.1 Å². The molecule has 0 spiro atoms. The molecule has 0 bridgehead atoms. The molecule has 136 valence electrons. The van der Waals surface area contributed by atoms with Crippen LogP contribution in [-0.2, 0) is 11.2 Å². The van der Waals surface area contributed by atoms with Crippen molar-refractivity contribution in [3.05, 3.63) is 45.4 Å². The van der Waals surface area contributed by atoms with Crippen molar-refractivity contribution in [2.24, 2.45) is 17.6 Å². The number of nitrogens with zero attached hydrogens (tertiary/aromatic N) is 1. The van der Waals surface area contributed by atoms with Crippen molar-refractivity contribution in [2.75, 3.05) is 11.9 Å². The Bertz CT molecular complexity index is 679. The monoisotopic (exact) mass is 399 g/mol. The number of aromatic nitrogens is 1. The number of rotatable bonds is 4. The lowest BCUT2D eigenvalue weighted by atomic mass is 10.1. The van der Waals surface area contributed by atoms with Crippen molar-refractivity contribution >= 4 is 45.6 Å². The molecule has 1 saturated carbocycles. The van der Waals surface area contributed by atoms with Gasteiger partial charge in [-0.05, 0) is 48.9 Å². The molecule has 2 unspecified atom stereocenters. The van der Waals surface area contributed by atoms with Gasteiger partial charge in [-0.25, -0.2) is 4.98 Å². The second-order valence-corrected chi connectivity index (χ2v) is 8.04. The minimum Gasteiger partial charge on any atom is -0.330 e. The van der Waals surface area contributed by atoms with Crippen LogP contribution in [0.1, 0.15) is 31.7 Å². The molecule has 0 radical (unpaired) electrons. The second-order valence-electron chi connectivity index (χ2n) is 6.33. The van der Waals surface area contributed by atoms with Crippen LogP contribution in [0.5, 0.6) is 0 Å². The van der Waals surface area contributed by atoms with Gasteiger partial charge in [0.15, 0.2) is 5.13 Å². The van der Waals surface area contributed by atoms with Gasteiger partial charge in [-0.15, -0.1) is 11.3 Å². The van der Waals surface area contributed by atoms with Crippen molar-refractivity contribution in [1.29, 1.82) is 0 Å². The van der Waals surface area contributed by atoms with Crippen LogP contribution in [0.4, 0.5) is 5.13 Å². The molecule has 4 nitrogen and oxygen atoms in total. The lowest BCUT2D eigenvalue weighted by Crippen LogP contribution is -2.14. The Morgan fingerprint density at radius 2 is 2.16 bits per heavy atom. The third-order valence-electron chi connectivity index (χ3n) is 4.16. The molecule has 2 atom stereocenters. The van der Waals surface area contributed by atoms with Crippen molar-refractivity contribution in [3.63, 3.8) is 0 Å². The molecule has 1 fully saturated rings. The van der Waals surface area contributed by atoms with Gasteiger partial charge in [0.05, 0.1) is 16.5 Å². The Balaban J connectivity index is 0.000000236. The van der Waals surface area contributed by atoms with Crippen LogP contribution in [0.15, 0.2) is 29.8 Å². The zero-order chi connectivity index (χ0) is 18.2. The lowest BCUT2D eigenvalue weighted by Gasteiger charge is -2.03. The first kappa shape index (κ1) is 20.2. The Labute approximate surface area is 162 Å². The number of benzene rings is 1. The summed E-state index contributed by atoms with van der Waals surface area (Å²) in [4.78, 5) is 15.6. The van der Waals surface area contributed by atoms with Gasteiger partial charge in [0.1, 0.15) is 0 Å². The third-order valence-corrected chi connectivity index (χ3v) is 5.59. The highest BCUT2D eigenvalue weighted by molar-refractivity contribution is 7.13. The average Bonchev–Trinajstić information content (AvgIpc) is 3.23. The third kappa shape index (κ3) is 6.94. The number of carbonyl (C=O) groups is 1. The Kier molecular flexibility index (Phi) is 8.16. The minimum atomic E-state index is -0.127. The predicted octanol–water partition coefficient (Wildman–Crippen LogP) is 5.01. The van der Waals surface area contributed by atoms with Crippen LogP contribution in [0.25, 0.3) is 0 Å². The fourth-order valence-electron chi connectivity index (χ4n) is 2.82. The molecular weight excluding hydrogens is 377 g/mol. The van der Waals surface area contributed by atoms with Crippen molar-refractivity contribution in [3.8, 4) is 0 Å². The number of nitrogens with two attached hydrogens (primary N) is 1. The van der Waals surface area contributed by atoms with Gasteiger partial charge in [-0.2, -0.15) is 0 Å². The fourth-order valence-corrected chi connectivity index (χ4v) is 3.69. The van der Waals surface area contributed by atoms with Crippen LogP contribution in [0.3, 0.4) is 0 Å². The van der Waals surface area contributed by atoms with Gasteiger partial charge in [-0.1, -0.05) is 42.6 Å². The maximum Gasteiger partial charge on any atom is 0.230 e. The van der Waals surface area contributed by atoms with E-state index >= 15 is 0 Å². The Hall–Kier alpha value is -1.14. The van der Waals surface area contributed by atoms with E-state index in [1.807, 2.05) is 0 Å². The van der Waals surface area contributed by atoms with E-state index in [0.29, 0.717) is 15.2 Å². The largest absolute Gasteiger partial charge is 0.330 e. The number of nitrogens with one attached hydrogen (secondary N) is 1. The number of halogens is 2. The van der Waals surface area contributed by atoms with Crippen LogP contribution in [0.2, 0.25) is 10.0 Å². The van der Waals surface area contributed by atoms with E-state index in [2.05, 4.69) is 17.2 Å². The van der Waals surface area contributed by atoms with E-state index in [9.17, 15) is 4.79 Å². The predicted molar refractivity (Wildman–Crippen MR) is 106 cm³/mol. The van der Waals surface area contributed by atoms with Gasteiger partial charge >= 0.3 is 0 Å². The summed E-state index contributed by atoms with van der Waals surface area (Å²) < 4.78 is 0. The van der Waals surface area contributed by atoms with Crippen LogP contribution in [0, 0.1) is 11.8 Å². The molecule has 1 heterocycles. The summed E-state index contributed by atoms with van der Waals surface area (Å²) in [5.41, 5.74) is 6.31. The number of thiazole rings is 1. The van der Waals surface area contributed by atoms with Gasteiger partial charge in [0.25, 0.3) is 0 Å². The minimum absolute atomic E-state index is 0.127. The summed E-state index contributed by atoms with van der Waals surface area (Å²) in [5.74, 6) is 1.67. The molecule has 0 saturated heterocycles. The molecule has 1 amide bonds. The van der Waals surface area contributed by atoms with E-state index in [1.54, 1.807) is 29.8 Å². The molecule has 7 heteroatoms. The van der Waals surface area contributed by atoms with Crippen molar-refractivity contribution < 1.29 is 4.79 Å². The molecule has 25 heavy (non-hydrogen) atoms. The number of hydrogen-bond donors (Lipinski definition) is 2. The maximum absolute atomic E-state index is 11.7. The SMILES string of the molecule is CC1CCC(CN)C1.O=C(Cc1ccc(Cl)c(Cl)c1)Nc1nccs1. The molecule has 0 aliphatic heterocycles. The zero-order valence-electron chi connectivity index (χ0n) is 14.2. The molecule has 1 aromatic heterocycles. The maximum atomic E-state index is 11.7. The summed E-state index contributed by atoms with van der Waals surface area (Å²) in [6, 6.07) is 5.14. The number of anilines is 1. The Morgan fingerprint density at radius 1 is 1.36 bits per heavy atom. The average molecular weight is 400 g/mol. The van der Waals surface area contributed by atoms with Crippen molar-refractivity contribution in [2.45, 2.75) is 32.6 Å². The number of carbonyl (C=O) groups excluding carboxylic acids is 1. The summed E-state index contributed by atoms with van der Waals surface area (Å²) in [5, 5.41) is 6.02. The van der Waals surface area contributed by atoms with E-state index in [-0.39, 0.29) is 12.3 Å². The van der Waals surface area contributed by atoms with Crippen molar-refractivity contribution in [1.82, 2.24) is 4.98 Å². The number of amides is 1. The molecule has 3 rings (SSSR count). The lowest BCUT2D eigenvalue weighted by molar-refractivity contribution is -0.115. The molecule has 1 aliphatic carbocycles. The van der Waals surface area contributed by atoms with Crippen LogP contribution >= 0.6 is 34.5 Å². The number of hydrogen-bond acceptors (Lipinski definition) is 4. The summed E-state index contributed by atoms with van der Waals surface area (Å²) in [6.45, 7) is 3.22. The molecule has 3 N–H and O–H groups in total. The first-order chi connectivity index (χ1) is 12.0. The highest BCUT2D eigenvalue weighted by Crippen LogP contribution is 2.29. The normalized spacial score (nSPS) is 19.2. The summed E-state index contributed by atoms with van der Waals surface area (Å²) in [7, 11) is 0. The van der Waals surface area contributed by atoms with Gasteiger partial charge in [0.2, 0.25) is 5.91 Å². The fraction of sp³-hybridized carbons (Fsp3) is 0.444. The van der Waals surface area contributed by atoms with E-state index < -0.39 is 0 Å². The first-order valence-electron chi connectivity index (χ1n) is 8.31. The molecule has 2 aromatic rings. The molecule has 1 aromatic carbocycles. The van der Waals surface area contributed by atoms with Gasteiger partial charge in [-0.3, -0.25) is 4.79 Å². The highest BCUT2D eigenvalue weighted by Gasteiger charge is 2.19. The highest BCUT2D eigenvalue weighted by atomic mass is 35.5. The van der Waals surface area contributed by atoms with Crippen LogP contribution in [-0.4, -0.2) is 17.4 Å². The standard InChI is InChI=1S/C11H8Cl2N2OS.C7H15N/c12-8-2-1-7(5-9(8)13)6-10(16)15-11-14-3-4-17-11;1-6-2-3-7(4-6)5-8/h1-5H,6H2,(H,14,15,16);6-7H,2-5,8H2,1H3. The topological polar surface area (TPSA) is 68.0 Å². The van der Waals surface area contributed by atoms with E-state index in [4.69, 9.17) is 28.9 Å². The van der Waals surface area contributed by atoms with E-state index in [0.717, 1.165) is 23.9 Å². The molecular formula is C18H23Cl2N3OS. The quantitative estimate of drug-likeness (QED) is 0.758. The van der Waals surface area contributed by atoms with Crippen LogP contribution < -0.4 is 11.1 Å². The smallest absolute Gasteiger partial charge is 0.230 e. The molecule has 1 aliphatic rings. The van der Waals surface area contributed by atoms with E-state index in [1.165, 1.54) is 30.6 Å². The summed E-state index contributed by atoms with van der Waals surface area (Å²) >= 11 is 13.0. The first-order valence-corrected chi connectivity index (χ1v) is 9.94. The second kappa shape index (κ2) is 10.1.